The smallest absolute Gasteiger partial charge is 0.119 e. The Kier molecular flexibility index (Phi) is 3.49. The molecule has 0 aromatic heterocycles. The van der Waals surface area contributed by atoms with Crippen LogP contribution < -0.4 is 9.47 Å². The third kappa shape index (κ3) is 2.31. The van der Waals surface area contributed by atoms with Gasteiger partial charge in [0.15, 0.2) is 0 Å². The van der Waals surface area contributed by atoms with Crippen molar-refractivity contribution in [1.29, 1.82) is 0 Å². The zero-order chi connectivity index (χ0) is 14.1. The molecular weight excluding hydrogens is 272 g/mol. The lowest BCUT2D eigenvalue weighted by atomic mass is 9.96. The molecular formula is C16H16O3S. The molecule has 0 fully saturated rings. The van der Waals surface area contributed by atoms with E-state index in [0.717, 1.165) is 33.8 Å². The molecule has 0 unspecified atom stereocenters. The molecule has 3 nitrogen and oxygen atoms in total. The van der Waals surface area contributed by atoms with Crippen LogP contribution >= 0.6 is 0 Å². The summed E-state index contributed by atoms with van der Waals surface area (Å²) in [6, 6.07) is 11.9. The molecule has 2 aromatic rings. The van der Waals surface area contributed by atoms with Crippen molar-refractivity contribution in [2.24, 2.45) is 0 Å². The molecule has 2 aromatic carbocycles. The van der Waals surface area contributed by atoms with Gasteiger partial charge in [-0.3, -0.25) is 4.21 Å². The second-order valence-electron chi connectivity index (χ2n) is 4.77. The van der Waals surface area contributed by atoms with Crippen LogP contribution in [-0.2, 0) is 22.3 Å². The van der Waals surface area contributed by atoms with E-state index < -0.39 is 10.8 Å². The van der Waals surface area contributed by atoms with E-state index in [1.807, 2.05) is 36.4 Å². The number of hydrogen-bond acceptors (Lipinski definition) is 3. The molecule has 0 spiro atoms. The fourth-order valence-corrected chi connectivity index (χ4v) is 3.82. The lowest BCUT2D eigenvalue weighted by Crippen LogP contribution is -1.96. The molecule has 1 aliphatic rings. The second-order valence-corrected chi connectivity index (χ2v) is 6.23. The Morgan fingerprint density at radius 3 is 1.70 bits per heavy atom. The maximum Gasteiger partial charge on any atom is 0.119 e. The predicted molar refractivity (Wildman–Crippen MR) is 80.5 cm³/mol. The van der Waals surface area contributed by atoms with Crippen molar-refractivity contribution in [1.82, 2.24) is 0 Å². The van der Waals surface area contributed by atoms with Crippen LogP contribution in [0.25, 0.3) is 11.1 Å². The normalized spacial score (nSPS) is 14.1. The molecule has 0 radical (unpaired) electrons. The first-order valence-corrected chi connectivity index (χ1v) is 7.89. The van der Waals surface area contributed by atoms with Crippen molar-refractivity contribution in [3.05, 3.63) is 47.5 Å². The average molecular weight is 288 g/mol. The van der Waals surface area contributed by atoms with Crippen LogP contribution in [0.2, 0.25) is 0 Å². The monoisotopic (exact) mass is 288 g/mol. The van der Waals surface area contributed by atoms with Gasteiger partial charge in [-0.05, 0) is 46.5 Å². The van der Waals surface area contributed by atoms with Crippen LogP contribution in [-0.4, -0.2) is 18.4 Å². The summed E-state index contributed by atoms with van der Waals surface area (Å²) in [4.78, 5) is 0. The number of rotatable bonds is 2. The van der Waals surface area contributed by atoms with Crippen LogP contribution in [0.3, 0.4) is 0 Å². The van der Waals surface area contributed by atoms with E-state index in [1.165, 1.54) is 0 Å². The maximum absolute atomic E-state index is 12.2. The largest absolute Gasteiger partial charge is 0.497 e. The van der Waals surface area contributed by atoms with Gasteiger partial charge in [-0.15, -0.1) is 0 Å². The fraction of sp³-hybridized carbons (Fsp3) is 0.250. The SMILES string of the molecule is COc1ccc2c(c1)-c1cc(OC)ccc1CS(=O)C2. The Balaban J connectivity index is 2.25. The van der Waals surface area contributed by atoms with Gasteiger partial charge in [-0.1, -0.05) is 12.1 Å². The molecule has 0 saturated heterocycles. The molecule has 1 aliphatic heterocycles. The fourth-order valence-electron chi connectivity index (χ4n) is 2.52. The molecule has 4 heteroatoms. The summed E-state index contributed by atoms with van der Waals surface area (Å²) < 4.78 is 22.8. The Morgan fingerprint density at radius 1 is 0.850 bits per heavy atom. The minimum absolute atomic E-state index is 0.580. The minimum atomic E-state index is -0.879. The van der Waals surface area contributed by atoms with Crippen LogP contribution in [0, 0.1) is 0 Å². The van der Waals surface area contributed by atoms with Crippen molar-refractivity contribution in [3.63, 3.8) is 0 Å². The first-order chi connectivity index (χ1) is 9.71. The van der Waals surface area contributed by atoms with Crippen LogP contribution in [0.5, 0.6) is 11.5 Å². The number of hydrogen-bond donors (Lipinski definition) is 0. The van der Waals surface area contributed by atoms with Crippen molar-refractivity contribution >= 4 is 10.8 Å². The van der Waals surface area contributed by atoms with Crippen LogP contribution in [0.1, 0.15) is 11.1 Å². The lowest BCUT2D eigenvalue weighted by Gasteiger charge is -2.12. The first-order valence-electron chi connectivity index (χ1n) is 6.40. The quantitative estimate of drug-likeness (QED) is 0.851. The van der Waals surface area contributed by atoms with Gasteiger partial charge in [0, 0.05) is 22.3 Å². The van der Waals surface area contributed by atoms with E-state index in [-0.39, 0.29) is 0 Å². The van der Waals surface area contributed by atoms with Gasteiger partial charge in [0.25, 0.3) is 0 Å². The summed E-state index contributed by atoms with van der Waals surface area (Å²) in [6.45, 7) is 0. The molecule has 0 saturated carbocycles. The summed E-state index contributed by atoms with van der Waals surface area (Å²) in [5.74, 6) is 2.78. The van der Waals surface area contributed by atoms with Crippen molar-refractivity contribution in [3.8, 4) is 22.6 Å². The molecule has 104 valence electrons. The van der Waals surface area contributed by atoms with E-state index in [2.05, 4.69) is 0 Å². The third-order valence-corrected chi connectivity index (χ3v) is 4.82. The zero-order valence-electron chi connectivity index (χ0n) is 11.5. The van der Waals surface area contributed by atoms with Gasteiger partial charge in [0.05, 0.1) is 14.2 Å². The van der Waals surface area contributed by atoms with Gasteiger partial charge in [-0.2, -0.15) is 0 Å². The molecule has 0 bridgehead atoms. The Labute approximate surface area is 121 Å². The summed E-state index contributed by atoms with van der Waals surface area (Å²) >= 11 is 0. The number of fused-ring (bicyclic) bond motifs is 3. The minimum Gasteiger partial charge on any atom is -0.497 e. The Bertz CT molecular complexity index is 622. The predicted octanol–water partition coefficient (Wildman–Crippen LogP) is 3.13. The molecule has 1 heterocycles. The lowest BCUT2D eigenvalue weighted by molar-refractivity contribution is 0.414. The molecule has 0 aliphatic carbocycles. The summed E-state index contributed by atoms with van der Waals surface area (Å²) in [5.41, 5.74) is 4.36. The maximum atomic E-state index is 12.2. The average Bonchev–Trinajstić information content (AvgIpc) is 2.61. The highest BCUT2D eigenvalue weighted by Gasteiger charge is 2.19. The number of methoxy groups -OCH3 is 2. The molecule has 0 atom stereocenters. The molecule has 20 heavy (non-hydrogen) atoms. The van der Waals surface area contributed by atoms with Gasteiger partial charge in [0.2, 0.25) is 0 Å². The van der Waals surface area contributed by atoms with Gasteiger partial charge >= 0.3 is 0 Å². The summed E-state index contributed by atoms with van der Waals surface area (Å²) in [6.07, 6.45) is 0. The summed E-state index contributed by atoms with van der Waals surface area (Å²) in [7, 11) is 2.43. The molecule has 0 N–H and O–H groups in total. The zero-order valence-corrected chi connectivity index (χ0v) is 12.3. The standard InChI is InChI=1S/C16H16O3S/c1-18-13-5-3-11-9-20(17)10-12-4-6-14(19-2)8-16(12)15(11)7-13/h3-8H,9-10H2,1-2H3. The van der Waals surface area contributed by atoms with Gasteiger partial charge < -0.3 is 9.47 Å². The van der Waals surface area contributed by atoms with E-state index >= 15 is 0 Å². The van der Waals surface area contributed by atoms with Crippen LogP contribution in [0.4, 0.5) is 0 Å². The van der Waals surface area contributed by atoms with E-state index in [0.29, 0.717) is 11.5 Å². The Morgan fingerprint density at radius 2 is 1.30 bits per heavy atom. The highest BCUT2D eigenvalue weighted by Crippen LogP contribution is 2.36. The van der Waals surface area contributed by atoms with Crippen molar-refractivity contribution < 1.29 is 13.7 Å². The molecule has 3 rings (SSSR count). The highest BCUT2D eigenvalue weighted by atomic mass is 32.2. The van der Waals surface area contributed by atoms with Crippen LogP contribution in [0.15, 0.2) is 36.4 Å². The third-order valence-electron chi connectivity index (χ3n) is 3.56. The van der Waals surface area contributed by atoms with Gasteiger partial charge in [0.1, 0.15) is 11.5 Å². The molecule has 0 amide bonds. The Hall–Kier alpha value is -1.81. The second kappa shape index (κ2) is 5.29. The van der Waals surface area contributed by atoms with E-state index in [9.17, 15) is 4.21 Å². The summed E-state index contributed by atoms with van der Waals surface area (Å²) in [5, 5.41) is 0. The number of ether oxygens (including phenoxy) is 2. The van der Waals surface area contributed by atoms with Crippen molar-refractivity contribution in [2.45, 2.75) is 11.5 Å². The van der Waals surface area contributed by atoms with Crippen molar-refractivity contribution in [2.75, 3.05) is 14.2 Å². The van der Waals surface area contributed by atoms with E-state index in [1.54, 1.807) is 14.2 Å². The van der Waals surface area contributed by atoms with E-state index in [4.69, 9.17) is 9.47 Å². The first kappa shape index (κ1) is 13.2. The van der Waals surface area contributed by atoms with Gasteiger partial charge in [-0.25, -0.2) is 0 Å². The highest BCUT2D eigenvalue weighted by molar-refractivity contribution is 7.83. The number of benzene rings is 2. The topological polar surface area (TPSA) is 35.5 Å².